The molecule has 0 fully saturated rings. The van der Waals surface area contributed by atoms with Crippen molar-refractivity contribution < 1.29 is 28.6 Å². The van der Waals surface area contributed by atoms with Crippen LogP contribution in [-0.4, -0.2) is 37.2 Å². The zero-order valence-electron chi connectivity index (χ0n) is 50.9. The van der Waals surface area contributed by atoms with Crippen LogP contribution in [0.1, 0.15) is 297 Å². The zero-order valence-corrected chi connectivity index (χ0v) is 50.9. The molecule has 0 radical (unpaired) electrons. The van der Waals surface area contributed by atoms with Crippen molar-refractivity contribution in [1.82, 2.24) is 0 Å². The van der Waals surface area contributed by atoms with Crippen molar-refractivity contribution in [2.45, 2.75) is 303 Å². The van der Waals surface area contributed by atoms with E-state index in [1.165, 1.54) is 122 Å². The Bertz CT molecular complexity index is 1620. The predicted molar refractivity (Wildman–Crippen MR) is 339 cm³/mol. The number of carbonyl (C=O) groups is 3. The standard InChI is InChI=1S/C72H120O6/c1-4-7-10-13-16-19-22-25-28-30-32-34-36-38-40-42-44-47-50-53-56-59-62-65-71(74)77-68-69(67-76-70(73)64-61-58-55-52-49-46-27-24-21-18-15-12-9-6-3)78-72(75)66-63-60-57-54-51-48-45-43-41-39-37-35-33-31-29-26-23-20-17-14-11-8-5-2/h7,10,16,19,23-28,31-34,37-40,44,47,69H,4-6,8-9,11-15,17-18,20-22,29-30,35-36,41-43,45-46,48-68H2,1-3H3/b10-7-,19-16-,26-23-,27-24-,28-25-,33-31-,34-32-,39-37-,40-38-,47-44-. The van der Waals surface area contributed by atoms with Crippen LogP contribution in [0, 0.1) is 0 Å². The summed E-state index contributed by atoms with van der Waals surface area (Å²) in [6.45, 7) is 6.49. The van der Waals surface area contributed by atoms with Gasteiger partial charge in [-0.15, -0.1) is 0 Å². The van der Waals surface area contributed by atoms with E-state index >= 15 is 0 Å². The van der Waals surface area contributed by atoms with Gasteiger partial charge in [-0.3, -0.25) is 14.4 Å². The van der Waals surface area contributed by atoms with Crippen molar-refractivity contribution in [1.29, 1.82) is 0 Å². The van der Waals surface area contributed by atoms with Crippen LogP contribution >= 0.6 is 0 Å². The molecule has 0 aliphatic rings. The Kier molecular flexibility index (Phi) is 61.8. The highest BCUT2D eigenvalue weighted by Crippen LogP contribution is 2.15. The van der Waals surface area contributed by atoms with Gasteiger partial charge in [0, 0.05) is 19.3 Å². The molecule has 0 aliphatic carbocycles. The fraction of sp³-hybridized carbons (Fsp3) is 0.681. The fourth-order valence-corrected chi connectivity index (χ4v) is 8.80. The highest BCUT2D eigenvalue weighted by molar-refractivity contribution is 5.71. The van der Waals surface area contributed by atoms with Crippen molar-refractivity contribution in [3.8, 4) is 0 Å². The number of hydrogen-bond donors (Lipinski definition) is 0. The van der Waals surface area contributed by atoms with Crippen LogP contribution in [0.2, 0.25) is 0 Å². The molecule has 0 amide bonds. The SMILES string of the molecule is CC/C=C\C/C=C\C/C=C\C/C=C\C/C=C\C/C=C\CCCCCCC(=O)OCC(COC(=O)CCCCCCC/C=C\CCCCCCC)OC(=O)CCCCCCCCCC/C=C\C/C=C\C/C=C\CCCCCCC. The molecular weight excluding hydrogens is 961 g/mol. The van der Waals surface area contributed by atoms with E-state index in [0.717, 1.165) is 135 Å². The third-order valence-corrected chi connectivity index (χ3v) is 13.7. The molecule has 0 N–H and O–H groups in total. The predicted octanol–water partition coefficient (Wildman–Crippen LogP) is 22.4. The van der Waals surface area contributed by atoms with Crippen LogP contribution in [0.15, 0.2) is 122 Å². The second-order valence-corrected chi connectivity index (χ2v) is 21.3. The molecule has 6 nitrogen and oxygen atoms in total. The van der Waals surface area contributed by atoms with Crippen LogP contribution in [0.5, 0.6) is 0 Å². The summed E-state index contributed by atoms with van der Waals surface area (Å²) in [5.41, 5.74) is 0. The van der Waals surface area contributed by atoms with Crippen LogP contribution in [0.25, 0.3) is 0 Å². The van der Waals surface area contributed by atoms with Gasteiger partial charge in [-0.2, -0.15) is 0 Å². The molecule has 0 aromatic carbocycles. The normalized spacial score (nSPS) is 12.9. The maximum atomic E-state index is 12.9. The molecule has 0 aromatic rings. The van der Waals surface area contributed by atoms with E-state index in [1.807, 2.05) is 0 Å². The van der Waals surface area contributed by atoms with Crippen molar-refractivity contribution in [2.75, 3.05) is 13.2 Å². The molecule has 0 spiro atoms. The van der Waals surface area contributed by atoms with E-state index in [1.54, 1.807) is 0 Å². The van der Waals surface area contributed by atoms with Crippen molar-refractivity contribution in [2.24, 2.45) is 0 Å². The average molecular weight is 1080 g/mol. The summed E-state index contributed by atoms with van der Waals surface area (Å²) in [6.07, 6.45) is 90.5. The Morgan fingerprint density at radius 1 is 0.269 bits per heavy atom. The number of carbonyl (C=O) groups excluding carboxylic acids is 3. The second kappa shape index (κ2) is 65.3. The molecule has 0 saturated heterocycles. The zero-order chi connectivity index (χ0) is 56.4. The Labute approximate surface area is 482 Å². The van der Waals surface area contributed by atoms with Crippen LogP contribution in [0.3, 0.4) is 0 Å². The van der Waals surface area contributed by atoms with Crippen LogP contribution < -0.4 is 0 Å². The van der Waals surface area contributed by atoms with Gasteiger partial charge in [-0.1, -0.05) is 264 Å². The van der Waals surface area contributed by atoms with E-state index < -0.39 is 6.10 Å². The van der Waals surface area contributed by atoms with Crippen molar-refractivity contribution >= 4 is 17.9 Å². The monoisotopic (exact) mass is 1080 g/mol. The Morgan fingerprint density at radius 3 is 0.795 bits per heavy atom. The maximum Gasteiger partial charge on any atom is 0.306 e. The molecular formula is C72H120O6. The second-order valence-electron chi connectivity index (χ2n) is 21.3. The number of esters is 3. The molecule has 0 rings (SSSR count). The first-order valence-corrected chi connectivity index (χ1v) is 32.5. The Hall–Kier alpha value is -4.19. The lowest BCUT2D eigenvalue weighted by molar-refractivity contribution is -0.167. The first-order chi connectivity index (χ1) is 38.5. The highest BCUT2D eigenvalue weighted by Gasteiger charge is 2.19. The van der Waals surface area contributed by atoms with Gasteiger partial charge in [0.2, 0.25) is 0 Å². The minimum absolute atomic E-state index is 0.0958. The molecule has 0 aliphatic heterocycles. The third-order valence-electron chi connectivity index (χ3n) is 13.7. The third kappa shape index (κ3) is 62.7. The van der Waals surface area contributed by atoms with Crippen LogP contribution in [-0.2, 0) is 28.6 Å². The molecule has 444 valence electrons. The van der Waals surface area contributed by atoms with Gasteiger partial charge in [0.15, 0.2) is 6.10 Å². The first-order valence-electron chi connectivity index (χ1n) is 32.5. The number of unbranched alkanes of at least 4 members (excludes halogenated alkanes) is 27. The minimum Gasteiger partial charge on any atom is -0.462 e. The summed E-state index contributed by atoms with van der Waals surface area (Å²) in [6, 6.07) is 0. The van der Waals surface area contributed by atoms with E-state index in [2.05, 4.69) is 142 Å². The highest BCUT2D eigenvalue weighted by atomic mass is 16.6. The summed E-state index contributed by atoms with van der Waals surface area (Å²) in [5, 5.41) is 0. The lowest BCUT2D eigenvalue weighted by Gasteiger charge is -2.18. The van der Waals surface area contributed by atoms with Gasteiger partial charge >= 0.3 is 17.9 Å². The van der Waals surface area contributed by atoms with Crippen molar-refractivity contribution in [3.63, 3.8) is 0 Å². The number of hydrogen-bond acceptors (Lipinski definition) is 6. The minimum atomic E-state index is -0.801. The lowest BCUT2D eigenvalue weighted by atomic mass is 10.1. The molecule has 78 heavy (non-hydrogen) atoms. The molecule has 0 heterocycles. The van der Waals surface area contributed by atoms with Gasteiger partial charge in [0.05, 0.1) is 0 Å². The summed E-state index contributed by atoms with van der Waals surface area (Å²) < 4.78 is 16.9. The quantitative estimate of drug-likeness (QED) is 0.0261. The number of ether oxygens (including phenoxy) is 3. The fourth-order valence-electron chi connectivity index (χ4n) is 8.80. The van der Waals surface area contributed by atoms with Gasteiger partial charge < -0.3 is 14.2 Å². The smallest absolute Gasteiger partial charge is 0.306 e. The van der Waals surface area contributed by atoms with Gasteiger partial charge in [0.25, 0.3) is 0 Å². The summed E-state index contributed by atoms with van der Waals surface area (Å²) in [7, 11) is 0. The van der Waals surface area contributed by atoms with Crippen molar-refractivity contribution in [3.05, 3.63) is 122 Å². The average Bonchev–Trinajstić information content (AvgIpc) is 3.44. The van der Waals surface area contributed by atoms with Gasteiger partial charge in [-0.05, 0) is 135 Å². The number of allylic oxidation sites excluding steroid dienone is 20. The van der Waals surface area contributed by atoms with Gasteiger partial charge in [0.1, 0.15) is 13.2 Å². The molecule has 0 saturated carbocycles. The van der Waals surface area contributed by atoms with Crippen LogP contribution in [0.4, 0.5) is 0 Å². The van der Waals surface area contributed by atoms with E-state index in [-0.39, 0.29) is 31.1 Å². The molecule has 1 atom stereocenters. The summed E-state index contributed by atoms with van der Waals surface area (Å²) in [5.74, 6) is -0.932. The summed E-state index contributed by atoms with van der Waals surface area (Å²) in [4.78, 5) is 38.3. The molecule has 1 unspecified atom stereocenters. The topological polar surface area (TPSA) is 78.9 Å². The Morgan fingerprint density at radius 2 is 0.500 bits per heavy atom. The Balaban J connectivity index is 4.44. The van der Waals surface area contributed by atoms with E-state index in [0.29, 0.717) is 19.3 Å². The van der Waals surface area contributed by atoms with E-state index in [9.17, 15) is 14.4 Å². The molecule has 6 heteroatoms. The van der Waals surface area contributed by atoms with Gasteiger partial charge in [-0.25, -0.2) is 0 Å². The molecule has 0 bridgehead atoms. The summed E-state index contributed by atoms with van der Waals surface area (Å²) >= 11 is 0. The van der Waals surface area contributed by atoms with E-state index in [4.69, 9.17) is 14.2 Å². The molecule has 0 aromatic heterocycles. The first kappa shape index (κ1) is 73.8. The largest absolute Gasteiger partial charge is 0.462 e. The number of rotatable bonds is 58. The lowest BCUT2D eigenvalue weighted by Crippen LogP contribution is -2.30. The maximum absolute atomic E-state index is 12.9.